The number of nitrogens with one attached hydrogen (secondary N) is 1. The van der Waals surface area contributed by atoms with Crippen molar-refractivity contribution in [2.45, 2.75) is 23.6 Å². The standard InChI is InChI=1S/C17H16N2O6S2/c1-12-3-7-16(8-4-12)27(22,23)25-14-5-9-15(10-6-14)26(20,21)19-17-11-13(2)24-18-17/h3-11H,1-2H3,(H,18,19). The molecular formula is C17H16N2O6S2. The molecule has 0 bridgehead atoms. The molecule has 1 N–H and O–H groups in total. The van der Waals surface area contributed by atoms with Gasteiger partial charge in [0.2, 0.25) is 0 Å². The van der Waals surface area contributed by atoms with Gasteiger partial charge in [0, 0.05) is 6.07 Å². The lowest BCUT2D eigenvalue weighted by Crippen LogP contribution is -2.13. The highest BCUT2D eigenvalue weighted by Crippen LogP contribution is 2.22. The monoisotopic (exact) mass is 408 g/mol. The molecule has 0 aliphatic heterocycles. The maximum Gasteiger partial charge on any atom is 0.339 e. The average molecular weight is 408 g/mol. The van der Waals surface area contributed by atoms with Crippen molar-refractivity contribution in [1.29, 1.82) is 0 Å². The van der Waals surface area contributed by atoms with Gasteiger partial charge in [-0.15, -0.1) is 0 Å². The zero-order chi connectivity index (χ0) is 19.7. The van der Waals surface area contributed by atoms with E-state index in [2.05, 4.69) is 9.88 Å². The normalized spacial score (nSPS) is 11.9. The molecule has 1 aromatic heterocycles. The van der Waals surface area contributed by atoms with E-state index in [-0.39, 0.29) is 21.4 Å². The first kappa shape index (κ1) is 18.9. The second-order valence-corrected chi connectivity index (χ2v) is 8.98. The van der Waals surface area contributed by atoms with Crippen LogP contribution in [0.15, 0.2) is 68.9 Å². The summed E-state index contributed by atoms with van der Waals surface area (Å²) in [5.41, 5.74) is 0.915. The number of anilines is 1. The molecular weight excluding hydrogens is 392 g/mol. The number of sulfonamides is 1. The van der Waals surface area contributed by atoms with Gasteiger partial charge in [-0.3, -0.25) is 4.72 Å². The number of hydrogen-bond acceptors (Lipinski definition) is 7. The number of rotatable bonds is 6. The number of aryl methyl sites for hydroxylation is 2. The molecule has 3 rings (SSSR count). The van der Waals surface area contributed by atoms with Crippen LogP contribution in [-0.2, 0) is 20.1 Å². The Labute approximate surface area is 156 Å². The van der Waals surface area contributed by atoms with Crippen LogP contribution in [-0.4, -0.2) is 22.0 Å². The van der Waals surface area contributed by atoms with Crippen LogP contribution in [0.25, 0.3) is 0 Å². The first-order valence-electron chi connectivity index (χ1n) is 7.73. The zero-order valence-corrected chi connectivity index (χ0v) is 16.0. The summed E-state index contributed by atoms with van der Waals surface area (Å²) in [5, 5.41) is 3.56. The van der Waals surface area contributed by atoms with E-state index in [0.29, 0.717) is 5.76 Å². The number of nitrogens with zero attached hydrogens (tertiary/aromatic N) is 1. The molecule has 0 radical (unpaired) electrons. The van der Waals surface area contributed by atoms with Crippen LogP contribution >= 0.6 is 0 Å². The summed E-state index contributed by atoms with van der Waals surface area (Å²) in [7, 11) is -7.91. The van der Waals surface area contributed by atoms with Crippen LogP contribution in [0.2, 0.25) is 0 Å². The minimum Gasteiger partial charge on any atom is -0.379 e. The summed E-state index contributed by atoms with van der Waals surface area (Å²) >= 11 is 0. The molecule has 0 atom stereocenters. The molecule has 0 saturated carbocycles. The molecule has 142 valence electrons. The van der Waals surface area contributed by atoms with E-state index in [4.69, 9.17) is 8.71 Å². The average Bonchev–Trinajstić information content (AvgIpc) is 2.99. The minimum atomic E-state index is -4.01. The van der Waals surface area contributed by atoms with Crippen LogP contribution in [0.1, 0.15) is 11.3 Å². The van der Waals surface area contributed by atoms with E-state index in [0.717, 1.165) is 5.56 Å². The Hall–Kier alpha value is -2.85. The predicted molar refractivity (Wildman–Crippen MR) is 97.5 cm³/mol. The van der Waals surface area contributed by atoms with Gasteiger partial charge < -0.3 is 8.71 Å². The summed E-state index contributed by atoms with van der Waals surface area (Å²) in [5.74, 6) is 0.499. The fourth-order valence-electron chi connectivity index (χ4n) is 2.17. The van der Waals surface area contributed by atoms with Crippen molar-refractivity contribution in [2.24, 2.45) is 0 Å². The minimum absolute atomic E-state index is 0.00728. The molecule has 0 unspecified atom stereocenters. The van der Waals surface area contributed by atoms with E-state index < -0.39 is 20.1 Å². The SMILES string of the molecule is Cc1ccc(S(=O)(=O)Oc2ccc(S(=O)(=O)Nc3cc(C)on3)cc2)cc1. The second kappa shape index (κ2) is 7.05. The Morgan fingerprint density at radius 1 is 0.889 bits per heavy atom. The van der Waals surface area contributed by atoms with Crippen molar-refractivity contribution in [1.82, 2.24) is 5.16 Å². The molecule has 10 heteroatoms. The van der Waals surface area contributed by atoms with Crippen LogP contribution in [0.4, 0.5) is 5.82 Å². The molecule has 0 fully saturated rings. The Bertz CT molecular complexity index is 1150. The van der Waals surface area contributed by atoms with E-state index in [1.807, 2.05) is 6.92 Å². The summed E-state index contributed by atoms with van der Waals surface area (Å²) in [4.78, 5) is -0.0731. The van der Waals surface area contributed by atoms with Crippen LogP contribution < -0.4 is 8.91 Å². The summed E-state index contributed by atoms with van der Waals surface area (Å²) in [6.45, 7) is 3.47. The molecule has 8 nitrogen and oxygen atoms in total. The van der Waals surface area contributed by atoms with E-state index in [9.17, 15) is 16.8 Å². The molecule has 0 aliphatic carbocycles. The number of hydrogen-bond donors (Lipinski definition) is 1. The fourth-order valence-corrected chi connectivity index (χ4v) is 4.08. The molecule has 0 spiro atoms. The second-order valence-electron chi connectivity index (χ2n) is 5.75. The third kappa shape index (κ3) is 4.47. The summed E-state index contributed by atoms with van der Waals surface area (Å²) in [6, 6.07) is 12.6. The largest absolute Gasteiger partial charge is 0.379 e. The zero-order valence-electron chi connectivity index (χ0n) is 14.4. The molecule has 2 aromatic carbocycles. The van der Waals surface area contributed by atoms with E-state index in [1.54, 1.807) is 19.1 Å². The molecule has 0 saturated heterocycles. The molecule has 3 aromatic rings. The maximum absolute atomic E-state index is 12.3. The van der Waals surface area contributed by atoms with Crippen molar-refractivity contribution in [3.63, 3.8) is 0 Å². The summed E-state index contributed by atoms with van der Waals surface area (Å²) < 4.78 is 61.3. The third-order valence-corrected chi connectivity index (χ3v) is 6.15. The van der Waals surface area contributed by atoms with Crippen LogP contribution in [0.5, 0.6) is 5.75 Å². The Kier molecular flexibility index (Phi) is 4.94. The van der Waals surface area contributed by atoms with Crippen LogP contribution in [0.3, 0.4) is 0 Å². The highest BCUT2D eigenvalue weighted by Gasteiger charge is 2.19. The molecule has 1 heterocycles. The lowest BCUT2D eigenvalue weighted by atomic mass is 10.2. The first-order valence-corrected chi connectivity index (χ1v) is 10.6. The van der Waals surface area contributed by atoms with Crippen molar-refractivity contribution in [3.05, 3.63) is 65.9 Å². The number of aromatic nitrogens is 1. The predicted octanol–water partition coefficient (Wildman–Crippen LogP) is 2.86. The van der Waals surface area contributed by atoms with Gasteiger partial charge in [-0.05, 0) is 50.2 Å². The van der Waals surface area contributed by atoms with Gasteiger partial charge in [0.25, 0.3) is 10.0 Å². The van der Waals surface area contributed by atoms with Gasteiger partial charge in [0.05, 0.1) is 4.90 Å². The van der Waals surface area contributed by atoms with Crippen molar-refractivity contribution in [3.8, 4) is 5.75 Å². The van der Waals surface area contributed by atoms with Crippen molar-refractivity contribution < 1.29 is 25.5 Å². The lowest BCUT2D eigenvalue weighted by Gasteiger charge is -2.09. The fraction of sp³-hybridized carbons (Fsp3) is 0.118. The van der Waals surface area contributed by atoms with Crippen LogP contribution in [0, 0.1) is 13.8 Å². The Balaban J connectivity index is 1.77. The first-order chi connectivity index (χ1) is 12.7. The van der Waals surface area contributed by atoms with Gasteiger partial charge in [-0.1, -0.05) is 22.9 Å². The number of benzene rings is 2. The highest BCUT2D eigenvalue weighted by molar-refractivity contribution is 7.92. The van der Waals surface area contributed by atoms with Gasteiger partial charge in [-0.25, -0.2) is 8.42 Å². The van der Waals surface area contributed by atoms with E-state index in [1.165, 1.54) is 42.5 Å². The highest BCUT2D eigenvalue weighted by atomic mass is 32.2. The van der Waals surface area contributed by atoms with Crippen molar-refractivity contribution >= 4 is 26.0 Å². The Morgan fingerprint density at radius 3 is 2.04 bits per heavy atom. The molecule has 0 amide bonds. The quantitative estimate of drug-likeness (QED) is 0.624. The molecule has 27 heavy (non-hydrogen) atoms. The lowest BCUT2D eigenvalue weighted by molar-refractivity contribution is 0.400. The van der Waals surface area contributed by atoms with Gasteiger partial charge in [0.15, 0.2) is 5.82 Å². The van der Waals surface area contributed by atoms with E-state index >= 15 is 0 Å². The third-order valence-electron chi connectivity index (χ3n) is 3.52. The molecule has 0 aliphatic rings. The summed E-state index contributed by atoms with van der Waals surface area (Å²) in [6.07, 6.45) is 0. The maximum atomic E-state index is 12.3. The smallest absolute Gasteiger partial charge is 0.339 e. The van der Waals surface area contributed by atoms with Gasteiger partial charge in [-0.2, -0.15) is 8.42 Å². The topological polar surface area (TPSA) is 116 Å². The van der Waals surface area contributed by atoms with Crippen molar-refractivity contribution in [2.75, 3.05) is 4.72 Å². The van der Waals surface area contributed by atoms with Gasteiger partial charge in [0.1, 0.15) is 16.4 Å². The van der Waals surface area contributed by atoms with Gasteiger partial charge >= 0.3 is 10.1 Å². The Morgan fingerprint density at radius 2 is 1.48 bits per heavy atom.